The molecule has 0 spiro atoms. The van der Waals surface area contributed by atoms with Crippen molar-refractivity contribution in [3.63, 3.8) is 0 Å². The summed E-state index contributed by atoms with van der Waals surface area (Å²) in [6.07, 6.45) is -3.28. The van der Waals surface area contributed by atoms with E-state index in [0.29, 0.717) is 37.9 Å². The molecule has 1 fully saturated rings. The highest BCUT2D eigenvalue weighted by atomic mass is 19.4. The number of piperidine rings is 1. The summed E-state index contributed by atoms with van der Waals surface area (Å²) in [4.78, 5) is 13.2. The molecule has 128 valence electrons. The number of hydrogen-bond acceptors (Lipinski definition) is 4. The Morgan fingerprint density at radius 1 is 1.43 bits per heavy atom. The van der Waals surface area contributed by atoms with Crippen LogP contribution < -0.4 is 10.5 Å². The summed E-state index contributed by atoms with van der Waals surface area (Å²) in [5.74, 6) is -1.01. The zero-order chi connectivity index (χ0) is 17.1. The summed E-state index contributed by atoms with van der Waals surface area (Å²) < 4.78 is 40.5. The summed E-state index contributed by atoms with van der Waals surface area (Å²) in [7, 11) is 0. The summed E-state index contributed by atoms with van der Waals surface area (Å²) in [5.41, 5.74) is 4.36. The van der Waals surface area contributed by atoms with Crippen LogP contribution in [0.1, 0.15) is 18.4 Å². The van der Waals surface area contributed by atoms with Gasteiger partial charge < -0.3 is 15.6 Å². The first kappa shape index (κ1) is 17.6. The van der Waals surface area contributed by atoms with Gasteiger partial charge in [-0.3, -0.25) is 9.69 Å². The van der Waals surface area contributed by atoms with Gasteiger partial charge in [0.1, 0.15) is 5.75 Å². The fourth-order valence-electron chi connectivity index (χ4n) is 2.70. The summed E-state index contributed by atoms with van der Waals surface area (Å²) in [6.45, 7) is 1.35. The number of nitrogens with zero attached hydrogens (tertiary/aromatic N) is 1. The van der Waals surface area contributed by atoms with E-state index in [1.165, 1.54) is 18.2 Å². The maximum Gasteiger partial charge on any atom is 0.573 e. The van der Waals surface area contributed by atoms with E-state index in [9.17, 15) is 23.1 Å². The van der Waals surface area contributed by atoms with Crippen molar-refractivity contribution in [1.29, 1.82) is 0 Å². The van der Waals surface area contributed by atoms with Crippen molar-refractivity contribution in [2.45, 2.75) is 31.2 Å². The van der Waals surface area contributed by atoms with Crippen LogP contribution in [-0.2, 0) is 11.2 Å². The van der Waals surface area contributed by atoms with Crippen LogP contribution in [0.5, 0.6) is 5.75 Å². The van der Waals surface area contributed by atoms with E-state index < -0.39 is 17.9 Å². The van der Waals surface area contributed by atoms with Crippen molar-refractivity contribution < 1.29 is 27.8 Å². The fourth-order valence-corrected chi connectivity index (χ4v) is 2.70. The van der Waals surface area contributed by atoms with Crippen LogP contribution in [0.3, 0.4) is 0 Å². The highest BCUT2D eigenvalue weighted by Crippen LogP contribution is 2.24. The monoisotopic (exact) mass is 332 g/mol. The maximum atomic E-state index is 12.2. The third-order valence-electron chi connectivity index (χ3n) is 3.86. The minimum atomic E-state index is -4.72. The van der Waals surface area contributed by atoms with Crippen LogP contribution in [0.2, 0.25) is 0 Å². The summed E-state index contributed by atoms with van der Waals surface area (Å²) >= 11 is 0. The number of primary amides is 1. The number of ether oxygens (including phenoxy) is 1. The predicted octanol–water partition coefficient (Wildman–Crippen LogP) is 1.44. The maximum absolute atomic E-state index is 12.2. The molecule has 1 saturated heterocycles. The molecule has 0 aromatic heterocycles. The molecule has 0 aliphatic carbocycles. The van der Waals surface area contributed by atoms with Gasteiger partial charge in [0.2, 0.25) is 0 Å². The molecule has 8 heteroatoms. The third-order valence-corrected chi connectivity index (χ3v) is 3.86. The van der Waals surface area contributed by atoms with E-state index in [2.05, 4.69) is 4.74 Å². The normalized spacial score (nSPS) is 22.8. The molecule has 0 radical (unpaired) electrons. The topological polar surface area (TPSA) is 75.8 Å². The van der Waals surface area contributed by atoms with Gasteiger partial charge in [-0.1, -0.05) is 12.1 Å². The zero-order valence-electron chi connectivity index (χ0n) is 12.5. The molecule has 3 N–H and O–H groups in total. The number of halogens is 3. The standard InChI is InChI=1S/C15H19F3N2O3/c16-15(17,18)23-12-4-1-3-11(9-12)5-8-20-7-2-6-14(22,10-20)13(19)21/h1,3-4,9,22H,2,5-8,10H2,(H2,19,21)/t14-/m1/s1. The Labute approximate surface area is 131 Å². The molecule has 0 unspecified atom stereocenters. The predicted molar refractivity (Wildman–Crippen MR) is 76.6 cm³/mol. The molecular formula is C15H19F3N2O3. The number of rotatable bonds is 5. The van der Waals surface area contributed by atoms with Gasteiger partial charge in [-0.2, -0.15) is 0 Å². The number of carbonyl (C=O) groups excluding carboxylic acids is 1. The van der Waals surface area contributed by atoms with Crippen LogP contribution >= 0.6 is 0 Å². The van der Waals surface area contributed by atoms with E-state index in [-0.39, 0.29) is 12.3 Å². The van der Waals surface area contributed by atoms with Crippen molar-refractivity contribution in [2.24, 2.45) is 5.73 Å². The molecule has 1 heterocycles. The van der Waals surface area contributed by atoms with Crippen LogP contribution in [0.15, 0.2) is 24.3 Å². The number of benzene rings is 1. The Bertz CT molecular complexity index is 565. The first-order chi connectivity index (χ1) is 10.7. The second-order valence-electron chi connectivity index (χ2n) is 5.72. The summed E-state index contributed by atoms with van der Waals surface area (Å²) in [6, 6.07) is 5.77. The highest BCUT2D eigenvalue weighted by molar-refractivity contribution is 5.83. The van der Waals surface area contributed by atoms with Gasteiger partial charge in [-0.15, -0.1) is 13.2 Å². The van der Waals surface area contributed by atoms with Crippen molar-refractivity contribution >= 4 is 5.91 Å². The number of amides is 1. The van der Waals surface area contributed by atoms with Gasteiger partial charge >= 0.3 is 6.36 Å². The Hall–Kier alpha value is -1.80. The van der Waals surface area contributed by atoms with Crippen molar-refractivity contribution in [2.75, 3.05) is 19.6 Å². The number of nitrogens with two attached hydrogens (primary N) is 1. The number of likely N-dealkylation sites (tertiary alicyclic amines) is 1. The van der Waals surface area contributed by atoms with Gasteiger partial charge in [0.05, 0.1) is 0 Å². The molecule has 0 saturated carbocycles. The molecule has 1 aliphatic heterocycles. The molecule has 2 rings (SSSR count). The quantitative estimate of drug-likeness (QED) is 0.855. The molecule has 1 aromatic carbocycles. The van der Waals surface area contributed by atoms with Gasteiger partial charge in [-0.05, 0) is 43.5 Å². The number of carbonyl (C=O) groups is 1. The number of hydrogen-bond donors (Lipinski definition) is 2. The zero-order valence-corrected chi connectivity index (χ0v) is 12.5. The largest absolute Gasteiger partial charge is 0.573 e. The lowest BCUT2D eigenvalue weighted by Crippen LogP contribution is -2.56. The van der Waals surface area contributed by atoms with Gasteiger partial charge in [0.15, 0.2) is 5.60 Å². The average molecular weight is 332 g/mol. The first-order valence-corrected chi connectivity index (χ1v) is 7.27. The Kier molecular flexibility index (Phi) is 5.16. The van der Waals surface area contributed by atoms with Crippen molar-refractivity contribution in [3.8, 4) is 5.75 Å². The smallest absolute Gasteiger partial charge is 0.406 e. The highest BCUT2D eigenvalue weighted by Gasteiger charge is 2.38. The van der Waals surface area contributed by atoms with Gasteiger partial charge in [0.25, 0.3) is 5.91 Å². The Balaban J connectivity index is 1.93. The van der Waals surface area contributed by atoms with Crippen LogP contribution in [0.4, 0.5) is 13.2 Å². The van der Waals surface area contributed by atoms with Crippen LogP contribution in [0, 0.1) is 0 Å². The summed E-state index contributed by atoms with van der Waals surface area (Å²) in [5, 5.41) is 10.1. The van der Waals surface area contributed by atoms with Crippen LogP contribution in [0.25, 0.3) is 0 Å². The van der Waals surface area contributed by atoms with E-state index in [1.807, 2.05) is 4.90 Å². The molecule has 5 nitrogen and oxygen atoms in total. The molecule has 1 aromatic rings. The van der Waals surface area contributed by atoms with Gasteiger partial charge in [0, 0.05) is 13.1 Å². The van der Waals surface area contributed by atoms with Gasteiger partial charge in [-0.25, -0.2) is 0 Å². The Morgan fingerprint density at radius 3 is 2.83 bits per heavy atom. The molecule has 1 atom stereocenters. The number of aliphatic hydroxyl groups is 1. The second kappa shape index (κ2) is 6.76. The Morgan fingerprint density at radius 2 is 2.17 bits per heavy atom. The van der Waals surface area contributed by atoms with Crippen LogP contribution in [-0.4, -0.2) is 47.5 Å². The second-order valence-corrected chi connectivity index (χ2v) is 5.72. The van der Waals surface area contributed by atoms with Crippen molar-refractivity contribution in [3.05, 3.63) is 29.8 Å². The molecule has 1 aliphatic rings. The molecule has 23 heavy (non-hydrogen) atoms. The fraction of sp³-hybridized carbons (Fsp3) is 0.533. The van der Waals surface area contributed by atoms with E-state index in [0.717, 1.165) is 0 Å². The van der Waals surface area contributed by atoms with E-state index in [4.69, 9.17) is 5.73 Å². The molecule has 1 amide bonds. The number of β-amino-alcohol motifs (C(OH)–C–C–N with tert-alkyl or cyclic N) is 1. The van der Waals surface area contributed by atoms with Crippen molar-refractivity contribution in [1.82, 2.24) is 4.90 Å². The molecule has 0 bridgehead atoms. The van der Waals surface area contributed by atoms with E-state index >= 15 is 0 Å². The first-order valence-electron chi connectivity index (χ1n) is 7.27. The van der Waals surface area contributed by atoms with E-state index in [1.54, 1.807) is 6.07 Å². The number of alkyl halides is 3. The minimum absolute atomic E-state index is 0.140. The minimum Gasteiger partial charge on any atom is -0.406 e. The SMILES string of the molecule is NC(=O)[C@@]1(O)CCCN(CCc2cccc(OC(F)(F)F)c2)C1. The average Bonchev–Trinajstić information content (AvgIpc) is 2.44. The molecular weight excluding hydrogens is 313 g/mol. The lowest BCUT2D eigenvalue weighted by molar-refractivity contribution is -0.274. The lowest BCUT2D eigenvalue weighted by Gasteiger charge is -2.37. The lowest BCUT2D eigenvalue weighted by atomic mass is 9.92. The third kappa shape index (κ3) is 5.11.